The smallest absolute Gasteiger partial charge is 0.270 e. The number of nitrogens with zero attached hydrogens (tertiary/aromatic N) is 1. The highest BCUT2D eigenvalue weighted by Gasteiger charge is 2.29. The van der Waals surface area contributed by atoms with E-state index in [1.807, 2.05) is 25.1 Å². The van der Waals surface area contributed by atoms with E-state index in [9.17, 15) is 13.2 Å². The molecule has 2 aromatic rings. The van der Waals surface area contributed by atoms with Gasteiger partial charge in [0.05, 0.1) is 11.5 Å². The largest absolute Gasteiger partial charge is 0.355 e. The van der Waals surface area contributed by atoms with Gasteiger partial charge in [-0.1, -0.05) is 32.0 Å². The molecule has 7 heteroatoms. The molecule has 1 aliphatic rings. The van der Waals surface area contributed by atoms with Gasteiger partial charge in [0.25, 0.3) is 5.91 Å². The molecular weight excluding hydrogens is 362 g/mol. The van der Waals surface area contributed by atoms with Gasteiger partial charge in [0, 0.05) is 23.6 Å². The van der Waals surface area contributed by atoms with Crippen molar-refractivity contribution in [2.75, 3.05) is 16.8 Å². The molecule has 1 aromatic carbocycles. The van der Waals surface area contributed by atoms with Crippen LogP contribution in [0.5, 0.6) is 0 Å². The molecule has 1 fully saturated rings. The Balaban J connectivity index is 1.78. The zero-order valence-corrected chi connectivity index (χ0v) is 16.6. The molecule has 3 rings (SSSR count). The molecule has 0 aliphatic carbocycles. The van der Waals surface area contributed by atoms with Gasteiger partial charge >= 0.3 is 0 Å². The summed E-state index contributed by atoms with van der Waals surface area (Å²) in [7, 11) is -3.04. The first-order valence-corrected chi connectivity index (χ1v) is 10.9. The van der Waals surface area contributed by atoms with Gasteiger partial charge in [0.2, 0.25) is 0 Å². The molecule has 1 unspecified atom stereocenters. The van der Waals surface area contributed by atoms with E-state index in [1.54, 1.807) is 12.3 Å². The third-order valence-electron chi connectivity index (χ3n) is 4.76. The van der Waals surface area contributed by atoms with E-state index in [0.29, 0.717) is 12.3 Å². The SMILES string of the molecule is Cc1cccc(C(C)C)c1Nc1ccnc(C(=O)NC2CCS(=O)(=O)C2)c1. The molecule has 1 aromatic heterocycles. The van der Waals surface area contributed by atoms with E-state index in [0.717, 1.165) is 16.9 Å². The zero-order valence-electron chi connectivity index (χ0n) is 15.8. The molecule has 1 atom stereocenters. The van der Waals surface area contributed by atoms with Gasteiger partial charge in [0.15, 0.2) is 9.84 Å². The summed E-state index contributed by atoms with van der Waals surface area (Å²) in [6, 6.07) is 9.34. The van der Waals surface area contributed by atoms with Crippen molar-refractivity contribution in [1.29, 1.82) is 0 Å². The molecule has 0 saturated carbocycles. The van der Waals surface area contributed by atoms with Gasteiger partial charge < -0.3 is 10.6 Å². The first-order valence-electron chi connectivity index (χ1n) is 9.09. The number of carbonyl (C=O) groups is 1. The molecular formula is C20H25N3O3S. The number of benzene rings is 1. The Labute approximate surface area is 160 Å². The van der Waals surface area contributed by atoms with E-state index >= 15 is 0 Å². The van der Waals surface area contributed by atoms with Crippen LogP contribution in [0, 0.1) is 6.92 Å². The number of hydrogen-bond acceptors (Lipinski definition) is 5. The minimum Gasteiger partial charge on any atom is -0.355 e. The number of amides is 1. The Bertz CT molecular complexity index is 955. The van der Waals surface area contributed by atoms with E-state index in [4.69, 9.17) is 0 Å². The molecule has 1 aliphatic heterocycles. The van der Waals surface area contributed by atoms with Crippen LogP contribution in [0.4, 0.5) is 11.4 Å². The Morgan fingerprint density at radius 1 is 1.26 bits per heavy atom. The number of anilines is 2. The molecule has 1 saturated heterocycles. The number of carbonyl (C=O) groups excluding carboxylic acids is 1. The molecule has 144 valence electrons. The van der Waals surface area contributed by atoms with Gasteiger partial charge in [-0.15, -0.1) is 0 Å². The molecule has 2 heterocycles. The second kappa shape index (κ2) is 7.68. The van der Waals surface area contributed by atoms with Crippen LogP contribution < -0.4 is 10.6 Å². The molecule has 1 amide bonds. The van der Waals surface area contributed by atoms with Crippen molar-refractivity contribution in [3.8, 4) is 0 Å². The molecule has 6 nitrogen and oxygen atoms in total. The quantitative estimate of drug-likeness (QED) is 0.823. The molecule has 0 radical (unpaired) electrons. The van der Waals surface area contributed by atoms with Crippen LogP contribution >= 0.6 is 0 Å². The summed E-state index contributed by atoms with van der Waals surface area (Å²) in [5.41, 5.74) is 4.40. The summed E-state index contributed by atoms with van der Waals surface area (Å²) < 4.78 is 23.1. The first kappa shape index (κ1) is 19.4. The van der Waals surface area contributed by atoms with E-state index in [1.165, 1.54) is 5.56 Å². The van der Waals surface area contributed by atoms with Gasteiger partial charge in [-0.3, -0.25) is 9.78 Å². The standard InChI is InChI=1S/C20H25N3O3S/c1-13(2)17-6-4-5-14(3)19(17)22-15-7-9-21-18(11-15)20(24)23-16-8-10-27(25,26)12-16/h4-7,9,11,13,16H,8,10,12H2,1-3H3,(H,21,22)(H,23,24). The average Bonchev–Trinajstić information content (AvgIpc) is 2.95. The van der Waals surface area contributed by atoms with Crippen molar-refractivity contribution >= 4 is 27.1 Å². The zero-order chi connectivity index (χ0) is 19.6. The van der Waals surface area contributed by atoms with Crippen LogP contribution in [0.2, 0.25) is 0 Å². The second-order valence-electron chi connectivity index (χ2n) is 7.32. The van der Waals surface area contributed by atoms with Crippen LogP contribution in [0.15, 0.2) is 36.5 Å². The maximum atomic E-state index is 12.5. The van der Waals surface area contributed by atoms with E-state index < -0.39 is 9.84 Å². The highest BCUT2D eigenvalue weighted by Crippen LogP contribution is 2.30. The van der Waals surface area contributed by atoms with Crippen molar-refractivity contribution in [2.45, 2.75) is 39.2 Å². The van der Waals surface area contributed by atoms with Crippen molar-refractivity contribution in [3.05, 3.63) is 53.3 Å². The number of aromatic nitrogens is 1. The maximum absolute atomic E-state index is 12.5. The Kier molecular flexibility index (Phi) is 5.51. The summed E-state index contributed by atoms with van der Waals surface area (Å²) in [5, 5.41) is 6.18. The fourth-order valence-electron chi connectivity index (χ4n) is 3.29. The van der Waals surface area contributed by atoms with Gasteiger partial charge in [0.1, 0.15) is 5.69 Å². The number of sulfone groups is 1. The first-order chi connectivity index (χ1) is 12.7. The Morgan fingerprint density at radius 3 is 2.70 bits per heavy atom. The lowest BCUT2D eigenvalue weighted by atomic mass is 9.98. The predicted molar refractivity (Wildman–Crippen MR) is 107 cm³/mol. The minimum absolute atomic E-state index is 0.00234. The minimum atomic E-state index is -3.04. The molecule has 27 heavy (non-hydrogen) atoms. The monoisotopic (exact) mass is 387 g/mol. The lowest BCUT2D eigenvalue weighted by molar-refractivity contribution is 0.0936. The van der Waals surface area contributed by atoms with Gasteiger partial charge in [-0.2, -0.15) is 0 Å². The number of nitrogens with one attached hydrogen (secondary N) is 2. The topological polar surface area (TPSA) is 88.2 Å². The average molecular weight is 388 g/mol. The number of para-hydroxylation sites is 1. The summed E-state index contributed by atoms with van der Waals surface area (Å²) >= 11 is 0. The molecule has 0 spiro atoms. The maximum Gasteiger partial charge on any atom is 0.270 e. The van der Waals surface area contributed by atoms with Gasteiger partial charge in [-0.25, -0.2) is 8.42 Å². The van der Waals surface area contributed by atoms with Crippen LogP contribution in [0.25, 0.3) is 0 Å². The number of aryl methyl sites for hydroxylation is 1. The van der Waals surface area contributed by atoms with Crippen LogP contribution in [-0.2, 0) is 9.84 Å². The van der Waals surface area contributed by atoms with Crippen LogP contribution in [0.1, 0.15) is 47.8 Å². The molecule has 2 N–H and O–H groups in total. The fraction of sp³-hybridized carbons (Fsp3) is 0.400. The van der Waals surface area contributed by atoms with Gasteiger partial charge in [-0.05, 0) is 42.5 Å². The fourth-order valence-corrected chi connectivity index (χ4v) is 4.96. The van der Waals surface area contributed by atoms with Crippen molar-refractivity contribution in [1.82, 2.24) is 10.3 Å². The van der Waals surface area contributed by atoms with Crippen molar-refractivity contribution < 1.29 is 13.2 Å². The lowest BCUT2D eigenvalue weighted by Crippen LogP contribution is -2.36. The van der Waals surface area contributed by atoms with Crippen LogP contribution in [0.3, 0.4) is 0 Å². The number of hydrogen-bond donors (Lipinski definition) is 2. The summed E-state index contributed by atoms with van der Waals surface area (Å²) in [4.78, 5) is 16.6. The second-order valence-corrected chi connectivity index (χ2v) is 9.55. The molecule has 0 bridgehead atoms. The third kappa shape index (κ3) is 4.66. The number of pyridine rings is 1. The lowest BCUT2D eigenvalue weighted by Gasteiger charge is -2.18. The third-order valence-corrected chi connectivity index (χ3v) is 6.52. The highest BCUT2D eigenvalue weighted by atomic mass is 32.2. The van der Waals surface area contributed by atoms with Crippen LogP contribution in [-0.4, -0.2) is 36.9 Å². The van der Waals surface area contributed by atoms with E-state index in [-0.39, 0.29) is 29.1 Å². The highest BCUT2D eigenvalue weighted by molar-refractivity contribution is 7.91. The normalized spacial score (nSPS) is 18.4. The van der Waals surface area contributed by atoms with E-state index in [2.05, 4.69) is 35.5 Å². The van der Waals surface area contributed by atoms with Crippen molar-refractivity contribution in [2.24, 2.45) is 0 Å². The predicted octanol–water partition coefficient (Wildman–Crippen LogP) is 3.17. The summed E-state index contributed by atoms with van der Waals surface area (Å²) in [5.74, 6) is 0.131. The Morgan fingerprint density at radius 2 is 2.04 bits per heavy atom. The summed E-state index contributed by atoms with van der Waals surface area (Å²) in [6.45, 7) is 6.33. The number of rotatable bonds is 5. The van der Waals surface area contributed by atoms with Crippen molar-refractivity contribution in [3.63, 3.8) is 0 Å². The Hall–Kier alpha value is -2.41. The summed E-state index contributed by atoms with van der Waals surface area (Å²) in [6.07, 6.45) is 2.03.